The molecule has 0 unspecified atom stereocenters. The molecule has 2 rings (SSSR count). The van der Waals surface area contributed by atoms with Crippen molar-refractivity contribution in [2.45, 2.75) is 6.92 Å². The van der Waals surface area contributed by atoms with Crippen molar-refractivity contribution < 1.29 is 9.53 Å². The van der Waals surface area contributed by atoms with Gasteiger partial charge in [-0.2, -0.15) is 5.10 Å². The summed E-state index contributed by atoms with van der Waals surface area (Å²) in [6.07, 6.45) is 1.43. The highest BCUT2D eigenvalue weighted by molar-refractivity contribution is 6.33. The molecule has 0 radical (unpaired) electrons. The number of hydrogen-bond donors (Lipinski definition) is 0. The van der Waals surface area contributed by atoms with Gasteiger partial charge in [-0.1, -0.05) is 11.6 Å². The van der Waals surface area contributed by atoms with Crippen LogP contribution in [0, 0.1) is 0 Å². The van der Waals surface area contributed by atoms with Gasteiger partial charge in [-0.25, -0.2) is 4.79 Å². The van der Waals surface area contributed by atoms with Gasteiger partial charge in [-0.05, 0) is 13.0 Å². The van der Waals surface area contributed by atoms with Crippen LogP contribution in [0.15, 0.2) is 17.1 Å². The third kappa shape index (κ3) is 1.95. The number of ether oxygens (including phenoxy) is 1. The maximum Gasteiger partial charge on any atom is 0.343 e. The molecule has 0 atom stereocenters. The van der Waals surface area contributed by atoms with Crippen LogP contribution < -0.4 is 5.56 Å². The quantitative estimate of drug-likeness (QED) is 0.764. The highest BCUT2D eigenvalue weighted by Gasteiger charge is 2.16. The van der Waals surface area contributed by atoms with Gasteiger partial charge in [0, 0.05) is 12.4 Å². The first-order valence-corrected chi connectivity index (χ1v) is 5.62. The van der Waals surface area contributed by atoms with Gasteiger partial charge in [0.1, 0.15) is 5.56 Å². The molecule has 7 heteroatoms. The molecule has 2 aromatic heterocycles. The molecule has 2 heterocycles. The standard InChI is InChI=1S/C11H10ClN3O3/c1-3-18-11(17)7-4-6-5-13-14-9(12)8(6)15(2)10(7)16/h4-5H,3H2,1-2H3. The number of fused-ring (bicyclic) bond motifs is 1. The summed E-state index contributed by atoms with van der Waals surface area (Å²) in [4.78, 5) is 23.6. The minimum Gasteiger partial charge on any atom is -0.462 e. The Morgan fingerprint density at radius 1 is 1.56 bits per heavy atom. The zero-order valence-corrected chi connectivity index (χ0v) is 10.6. The zero-order chi connectivity index (χ0) is 13.3. The lowest BCUT2D eigenvalue weighted by atomic mass is 10.2. The predicted octanol–water partition coefficient (Wildman–Crippen LogP) is 1.16. The SMILES string of the molecule is CCOC(=O)c1cc2cnnc(Cl)c2n(C)c1=O. The normalized spacial score (nSPS) is 10.6. The first kappa shape index (κ1) is 12.5. The maximum absolute atomic E-state index is 12.0. The lowest BCUT2D eigenvalue weighted by molar-refractivity contribution is 0.0524. The lowest BCUT2D eigenvalue weighted by Gasteiger charge is -2.08. The number of pyridine rings is 1. The van der Waals surface area contributed by atoms with Crippen LogP contribution >= 0.6 is 11.6 Å². The van der Waals surface area contributed by atoms with Gasteiger partial charge in [0.25, 0.3) is 5.56 Å². The molecule has 0 amide bonds. The second-order valence-corrected chi connectivity index (χ2v) is 3.94. The molecule has 94 valence electrons. The van der Waals surface area contributed by atoms with Gasteiger partial charge in [0.05, 0.1) is 18.3 Å². The van der Waals surface area contributed by atoms with E-state index < -0.39 is 11.5 Å². The topological polar surface area (TPSA) is 74.1 Å². The fraction of sp³-hybridized carbons (Fsp3) is 0.273. The van der Waals surface area contributed by atoms with E-state index in [0.29, 0.717) is 10.9 Å². The van der Waals surface area contributed by atoms with Crippen LogP contribution in [0.3, 0.4) is 0 Å². The van der Waals surface area contributed by atoms with Gasteiger partial charge in [0.2, 0.25) is 0 Å². The number of carbonyl (C=O) groups excluding carboxylic acids is 1. The number of halogens is 1. The third-order valence-corrected chi connectivity index (χ3v) is 2.73. The van der Waals surface area contributed by atoms with Crippen LogP contribution in [0.1, 0.15) is 17.3 Å². The molecule has 0 aliphatic rings. The Balaban J connectivity index is 2.76. The summed E-state index contributed by atoms with van der Waals surface area (Å²) >= 11 is 5.88. The molecule has 0 spiro atoms. The molecule has 6 nitrogen and oxygen atoms in total. The highest BCUT2D eigenvalue weighted by atomic mass is 35.5. The third-order valence-electron chi connectivity index (χ3n) is 2.48. The van der Waals surface area contributed by atoms with Gasteiger partial charge in [-0.15, -0.1) is 5.10 Å². The number of aryl methyl sites for hydroxylation is 1. The number of esters is 1. The van der Waals surface area contributed by atoms with Crippen LogP contribution in [0.2, 0.25) is 5.15 Å². The van der Waals surface area contributed by atoms with Crippen molar-refractivity contribution in [3.63, 3.8) is 0 Å². The summed E-state index contributed by atoms with van der Waals surface area (Å²) in [5.41, 5.74) is -0.0866. The number of nitrogens with zero attached hydrogens (tertiary/aromatic N) is 3. The van der Waals surface area contributed by atoms with Crippen molar-refractivity contribution in [2.24, 2.45) is 7.05 Å². The minimum atomic E-state index is -0.659. The first-order chi connectivity index (χ1) is 8.56. The molecule has 0 N–H and O–H groups in total. The fourth-order valence-corrected chi connectivity index (χ4v) is 1.94. The summed E-state index contributed by atoms with van der Waals surface area (Å²) in [5, 5.41) is 8.01. The number of aromatic nitrogens is 3. The van der Waals surface area contributed by atoms with E-state index >= 15 is 0 Å². The Morgan fingerprint density at radius 3 is 2.94 bits per heavy atom. The van der Waals surface area contributed by atoms with Crippen LogP contribution in [-0.4, -0.2) is 27.3 Å². The van der Waals surface area contributed by atoms with Crippen LogP contribution in [0.5, 0.6) is 0 Å². The number of hydrogen-bond acceptors (Lipinski definition) is 5. The molecule has 0 aliphatic carbocycles. The van der Waals surface area contributed by atoms with E-state index in [4.69, 9.17) is 16.3 Å². The predicted molar refractivity (Wildman–Crippen MR) is 65.7 cm³/mol. The van der Waals surface area contributed by atoms with Gasteiger partial charge >= 0.3 is 5.97 Å². The lowest BCUT2D eigenvalue weighted by Crippen LogP contribution is -2.26. The second-order valence-electron chi connectivity index (χ2n) is 3.58. The summed E-state index contributed by atoms with van der Waals surface area (Å²) in [6, 6.07) is 1.41. The van der Waals surface area contributed by atoms with Gasteiger partial charge in [0.15, 0.2) is 5.15 Å². The minimum absolute atomic E-state index is 0.0454. The fourth-order valence-electron chi connectivity index (χ4n) is 1.66. The molecule has 0 bridgehead atoms. The van der Waals surface area contributed by atoms with E-state index in [-0.39, 0.29) is 17.3 Å². The Hall–Kier alpha value is -1.95. The smallest absolute Gasteiger partial charge is 0.343 e. The van der Waals surface area contributed by atoms with Crippen LogP contribution in [-0.2, 0) is 11.8 Å². The van der Waals surface area contributed by atoms with Crippen LogP contribution in [0.25, 0.3) is 10.9 Å². The zero-order valence-electron chi connectivity index (χ0n) is 9.81. The molecular formula is C11H10ClN3O3. The molecule has 0 saturated heterocycles. The number of carbonyl (C=O) groups is 1. The summed E-state index contributed by atoms with van der Waals surface area (Å²) < 4.78 is 6.08. The monoisotopic (exact) mass is 267 g/mol. The van der Waals surface area contributed by atoms with E-state index in [1.807, 2.05) is 0 Å². The maximum atomic E-state index is 12.0. The first-order valence-electron chi connectivity index (χ1n) is 5.24. The second kappa shape index (κ2) is 4.73. The average Bonchev–Trinajstić information content (AvgIpc) is 2.33. The van der Waals surface area contributed by atoms with Crippen LogP contribution in [0.4, 0.5) is 0 Å². The van der Waals surface area contributed by atoms with Gasteiger partial charge in [-0.3, -0.25) is 4.79 Å². The molecule has 0 aliphatic heterocycles. The van der Waals surface area contributed by atoms with E-state index in [2.05, 4.69) is 10.2 Å². The van der Waals surface area contributed by atoms with Crippen molar-refractivity contribution in [1.29, 1.82) is 0 Å². The van der Waals surface area contributed by atoms with E-state index in [0.717, 1.165) is 0 Å². The molecule has 0 saturated carbocycles. The molecule has 2 aromatic rings. The van der Waals surface area contributed by atoms with Crippen molar-refractivity contribution in [1.82, 2.24) is 14.8 Å². The molecule has 0 fully saturated rings. The van der Waals surface area contributed by atoms with E-state index in [9.17, 15) is 9.59 Å². The van der Waals surface area contributed by atoms with E-state index in [1.165, 1.54) is 23.9 Å². The molecule has 0 aromatic carbocycles. The molecular weight excluding hydrogens is 258 g/mol. The van der Waals surface area contributed by atoms with E-state index in [1.54, 1.807) is 6.92 Å². The van der Waals surface area contributed by atoms with Crippen molar-refractivity contribution in [3.05, 3.63) is 33.3 Å². The molecule has 18 heavy (non-hydrogen) atoms. The highest BCUT2D eigenvalue weighted by Crippen LogP contribution is 2.18. The summed E-state index contributed by atoms with van der Waals surface area (Å²) in [5.74, 6) is -0.659. The Kier molecular flexibility index (Phi) is 3.29. The van der Waals surface area contributed by atoms with Crippen molar-refractivity contribution in [3.8, 4) is 0 Å². The van der Waals surface area contributed by atoms with Crippen molar-refractivity contribution >= 4 is 28.5 Å². The Bertz CT molecular complexity index is 681. The Morgan fingerprint density at radius 2 is 2.28 bits per heavy atom. The largest absolute Gasteiger partial charge is 0.462 e. The average molecular weight is 268 g/mol. The summed E-state index contributed by atoms with van der Waals surface area (Å²) in [7, 11) is 1.51. The van der Waals surface area contributed by atoms with Gasteiger partial charge < -0.3 is 9.30 Å². The Labute approximate surface area is 107 Å². The summed E-state index contributed by atoms with van der Waals surface area (Å²) in [6.45, 7) is 1.88. The number of rotatable bonds is 2. The van der Waals surface area contributed by atoms with Crippen molar-refractivity contribution in [2.75, 3.05) is 6.61 Å².